The summed E-state index contributed by atoms with van der Waals surface area (Å²) in [5, 5.41) is 0.534. The third-order valence-corrected chi connectivity index (χ3v) is 2.76. The average molecular weight is 267 g/mol. The molecule has 18 heavy (non-hydrogen) atoms. The molecule has 0 aromatic heterocycles. The minimum Gasteiger partial charge on any atom is -0.494 e. The van der Waals surface area contributed by atoms with Gasteiger partial charge in [-0.05, 0) is 29.8 Å². The van der Waals surface area contributed by atoms with Gasteiger partial charge in [-0.2, -0.15) is 0 Å². The van der Waals surface area contributed by atoms with E-state index in [1.807, 2.05) is 12.1 Å². The van der Waals surface area contributed by atoms with Crippen LogP contribution in [0.5, 0.6) is 11.5 Å². The molecular weight excluding hydrogens is 255 g/mol. The fourth-order valence-electron chi connectivity index (χ4n) is 1.52. The normalized spacial score (nSPS) is 10.2. The number of para-hydroxylation sites is 1. The van der Waals surface area contributed by atoms with E-state index in [1.165, 1.54) is 13.2 Å². The van der Waals surface area contributed by atoms with E-state index in [9.17, 15) is 4.39 Å². The third kappa shape index (κ3) is 2.93. The first-order valence-corrected chi connectivity index (χ1v) is 5.78. The molecular formula is C14H12ClFO2. The van der Waals surface area contributed by atoms with Crippen LogP contribution >= 0.6 is 11.6 Å². The van der Waals surface area contributed by atoms with Gasteiger partial charge in [0.2, 0.25) is 0 Å². The Kier molecular flexibility index (Phi) is 4.05. The lowest BCUT2D eigenvalue weighted by atomic mass is 10.2. The van der Waals surface area contributed by atoms with Crippen molar-refractivity contribution in [2.45, 2.75) is 6.61 Å². The molecule has 0 amide bonds. The van der Waals surface area contributed by atoms with Gasteiger partial charge >= 0.3 is 0 Å². The maximum Gasteiger partial charge on any atom is 0.165 e. The van der Waals surface area contributed by atoms with E-state index in [0.29, 0.717) is 16.3 Å². The highest BCUT2D eigenvalue weighted by Crippen LogP contribution is 2.25. The van der Waals surface area contributed by atoms with Gasteiger partial charge in [0.15, 0.2) is 11.6 Å². The quantitative estimate of drug-likeness (QED) is 0.831. The molecule has 0 radical (unpaired) electrons. The second-order valence-corrected chi connectivity index (χ2v) is 4.10. The van der Waals surface area contributed by atoms with Crippen LogP contribution in [0.3, 0.4) is 0 Å². The van der Waals surface area contributed by atoms with Crippen molar-refractivity contribution >= 4 is 11.6 Å². The largest absolute Gasteiger partial charge is 0.494 e. The zero-order valence-corrected chi connectivity index (χ0v) is 10.6. The minimum absolute atomic E-state index is 0.219. The zero-order valence-electron chi connectivity index (χ0n) is 9.82. The number of rotatable bonds is 4. The molecule has 0 spiro atoms. The van der Waals surface area contributed by atoms with Crippen molar-refractivity contribution in [1.82, 2.24) is 0 Å². The predicted octanol–water partition coefficient (Wildman–Crippen LogP) is 4.07. The Bertz CT molecular complexity index is 543. The Morgan fingerprint density at radius 1 is 1.11 bits per heavy atom. The molecule has 2 aromatic rings. The molecule has 0 fully saturated rings. The summed E-state index contributed by atoms with van der Waals surface area (Å²) in [5.74, 6) is 0.393. The number of halogens is 2. The molecule has 0 unspecified atom stereocenters. The standard InChI is InChI=1S/C14H12ClFO2/c1-17-14-7-6-10(8-12(14)16)9-18-13-5-3-2-4-11(13)15/h2-8H,9H2,1H3. The summed E-state index contributed by atoms with van der Waals surface area (Å²) in [6.07, 6.45) is 0. The van der Waals surface area contributed by atoms with Gasteiger partial charge in [0.25, 0.3) is 0 Å². The summed E-state index contributed by atoms with van der Waals surface area (Å²) in [4.78, 5) is 0. The van der Waals surface area contributed by atoms with Gasteiger partial charge in [0.1, 0.15) is 12.4 Å². The number of hydrogen-bond acceptors (Lipinski definition) is 2. The predicted molar refractivity (Wildman–Crippen MR) is 68.7 cm³/mol. The smallest absolute Gasteiger partial charge is 0.165 e. The highest BCUT2D eigenvalue weighted by molar-refractivity contribution is 6.32. The first kappa shape index (κ1) is 12.7. The van der Waals surface area contributed by atoms with Crippen molar-refractivity contribution in [1.29, 1.82) is 0 Å². The fraction of sp³-hybridized carbons (Fsp3) is 0.143. The molecule has 94 valence electrons. The van der Waals surface area contributed by atoms with Crippen LogP contribution in [0.2, 0.25) is 5.02 Å². The lowest BCUT2D eigenvalue weighted by Gasteiger charge is -2.09. The first-order valence-electron chi connectivity index (χ1n) is 5.40. The first-order chi connectivity index (χ1) is 8.70. The average Bonchev–Trinajstić information content (AvgIpc) is 2.38. The van der Waals surface area contributed by atoms with Gasteiger partial charge in [-0.25, -0.2) is 4.39 Å². The Morgan fingerprint density at radius 2 is 1.89 bits per heavy atom. The maximum atomic E-state index is 13.4. The van der Waals surface area contributed by atoms with Gasteiger partial charge in [-0.1, -0.05) is 29.8 Å². The summed E-state index contributed by atoms with van der Waals surface area (Å²) < 4.78 is 23.8. The summed E-state index contributed by atoms with van der Waals surface area (Å²) in [5.41, 5.74) is 0.716. The van der Waals surface area contributed by atoms with Crippen LogP contribution in [0.4, 0.5) is 4.39 Å². The van der Waals surface area contributed by atoms with Gasteiger partial charge in [-0.3, -0.25) is 0 Å². The van der Waals surface area contributed by atoms with Gasteiger partial charge in [0, 0.05) is 0 Å². The highest BCUT2D eigenvalue weighted by atomic mass is 35.5. The molecule has 0 N–H and O–H groups in total. The number of methoxy groups -OCH3 is 1. The van der Waals surface area contributed by atoms with Gasteiger partial charge in [0.05, 0.1) is 12.1 Å². The van der Waals surface area contributed by atoms with E-state index in [-0.39, 0.29) is 12.4 Å². The van der Waals surface area contributed by atoms with E-state index in [2.05, 4.69) is 0 Å². The Hall–Kier alpha value is -1.74. The van der Waals surface area contributed by atoms with Gasteiger partial charge in [-0.15, -0.1) is 0 Å². The lowest BCUT2D eigenvalue weighted by Crippen LogP contribution is -1.97. The molecule has 0 bridgehead atoms. The van der Waals surface area contributed by atoms with Crippen molar-refractivity contribution in [3.63, 3.8) is 0 Å². The van der Waals surface area contributed by atoms with Crippen LogP contribution in [-0.4, -0.2) is 7.11 Å². The maximum absolute atomic E-state index is 13.4. The SMILES string of the molecule is COc1ccc(COc2ccccc2Cl)cc1F. The van der Waals surface area contributed by atoms with Crippen molar-refractivity contribution in [2.75, 3.05) is 7.11 Å². The highest BCUT2D eigenvalue weighted by Gasteiger charge is 2.05. The molecule has 2 aromatic carbocycles. The Morgan fingerprint density at radius 3 is 2.56 bits per heavy atom. The third-order valence-electron chi connectivity index (χ3n) is 2.45. The van der Waals surface area contributed by atoms with Crippen molar-refractivity contribution in [2.24, 2.45) is 0 Å². The molecule has 0 aliphatic carbocycles. The van der Waals surface area contributed by atoms with E-state index in [4.69, 9.17) is 21.1 Å². The lowest BCUT2D eigenvalue weighted by molar-refractivity contribution is 0.305. The molecule has 2 rings (SSSR count). The molecule has 0 heterocycles. The Balaban J connectivity index is 2.07. The van der Waals surface area contributed by atoms with Crippen LogP contribution in [0.25, 0.3) is 0 Å². The number of hydrogen-bond donors (Lipinski definition) is 0. The van der Waals surface area contributed by atoms with Crippen molar-refractivity contribution in [3.8, 4) is 11.5 Å². The molecule has 0 saturated carbocycles. The molecule has 0 atom stereocenters. The number of ether oxygens (including phenoxy) is 2. The molecule has 0 saturated heterocycles. The van der Waals surface area contributed by atoms with E-state index < -0.39 is 5.82 Å². The summed E-state index contributed by atoms with van der Waals surface area (Å²) in [7, 11) is 1.43. The molecule has 0 aliphatic rings. The molecule has 2 nitrogen and oxygen atoms in total. The Labute approximate surface area is 110 Å². The molecule has 4 heteroatoms. The van der Waals surface area contributed by atoms with Crippen LogP contribution in [0.1, 0.15) is 5.56 Å². The van der Waals surface area contributed by atoms with Crippen LogP contribution in [-0.2, 0) is 6.61 Å². The zero-order chi connectivity index (χ0) is 13.0. The second-order valence-electron chi connectivity index (χ2n) is 3.69. The van der Waals surface area contributed by atoms with Crippen LogP contribution in [0.15, 0.2) is 42.5 Å². The summed E-state index contributed by atoms with van der Waals surface area (Å²) in [6.45, 7) is 0.255. The summed E-state index contributed by atoms with van der Waals surface area (Å²) in [6, 6.07) is 11.9. The minimum atomic E-state index is -0.405. The monoisotopic (exact) mass is 266 g/mol. The molecule has 0 aliphatic heterocycles. The van der Waals surface area contributed by atoms with Gasteiger partial charge < -0.3 is 9.47 Å². The van der Waals surface area contributed by atoms with Crippen molar-refractivity contribution < 1.29 is 13.9 Å². The summed E-state index contributed by atoms with van der Waals surface area (Å²) >= 11 is 5.95. The van der Waals surface area contributed by atoms with E-state index in [0.717, 1.165) is 0 Å². The van der Waals surface area contributed by atoms with Crippen LogP contribution < -0.4 is 9.47 Å². The van der Waals surface area contributed by atoms with Crippen molar-refractivity contribution in [3.05, 3.63) is 58.9 Å². The van der Waals surface area contributed by atoms with E-state index >= 15 is 0 Å². The topological polar surface area (TPSA) is 18.5 Å². The van der Waals surface area contributed by atoms with E-state index in [1.54, 1.807) is 24.3 Å². The second kappa shape index (κ2) is 5.74. The fourth-order valence-corrected chi connectivity index (χ4v) is 1.71. The number of benzene rings is 2. The van der Waals surface area contributed by atoms with Crippen LogP contribution in [0, 0.1) is 5.82 Å².